The lowest BCUT2D eigenvalue weighted by molar-refractivity contribution is 0.0697. The van der Waals surface area contributed by atoms with Crippen LogP contribution in [0.15, 0.2) is 24.5 Å². The summed E-state index contributed by atoms with van der Waals surface area (Å²) in [5, 5.41) is 25.3. The minimum absolute atomic E-state index is 0.0207. The number of carboxylic acid groups (broad SMARTS) is 1. The molecule has 2 aromatic heterocycles. The Kier molecular flexibility index (Phi) is 6.73. The minimum atomic E-state index is -1.09. The van der Waals surface area contributed by atoms with Crippen molar-refractivity contribution in [3.05, 3.63) is 35.1 Å². The van der Waals surface area contributed by atoms with E-state index < -0.39 is 5.97 Å². The Labute approximate surface area is 179 Å². The first-order valence-electron chi connectivity index (χ1n) is 9.74. The average Bonchev–Trinajstić information content (AvgIpc) is 3.09. The van der Waals surface area contributed by atoms with E-state index >= 15 is 0 Å². The highest BCUT2D eigenvalue weighted by Crippen LogP contribution is 2.28. The number of aryl methyl sites for hydroxylation is 1. The fourth-order valence-electron chi connectivity index (χ4n) is 2.99. The predicted molar refractivity (Wildman–Crippen MR) is 117 cm³/mol. The van der Waals surface area contributed by atoms with E-state index in [4.69, 9.17) is 16.7 Å². The summed E-state index contributed by atoms with van der Waals surface area (Å²) >= 11 is 6.09. The molecule has 0 fully saturated rings. The number of aliphatic hydroxyl groups excluding tert-OH is 1. The Balaban J connectivity index is 2.03. The second-order valence-corrected chi connectivity index (χ2v) is 7.72. The monoisotopic (exact) mass is 432 g/mol. The number of imidazole rings is 1. The van der Waals surface area contributed by atoms with Gasteiger partial charge in [0.25, 0.3) is 0 Å². The summed E-state index contributed by atoms with van der Waals surface area (Å²) in [5.41, 5.74) is 1.83. The maximum atomic E-state index is 11.2. The molecule has 9 nitrogen and oxygen atoms in total. The van der Waals surface area contributed by atoms with Crippen LogP contribution in [-0.4, -0.2) is 48.4 Å². The van der Waals surface area contributed by atoms with Gasteiger partial charge in [0, 0.05) is 12.2 Å². The summed E-state index contributed by atoms with van der Waals surface area (Å²) in [7, 11) is 0. The van der Waals surface area contributed by atoms with E-state index in [9.17, 15) is 9.90 Å². The number of carboxylic acids is 1. The van der Waals surface area contributed by atoms with Gasteiger partial charge in [0.15, 0.2) is 17.0 Å². The third-order valence-electron chi connectivity index (χ3n) is 4.71. The van der Waals surface area contributed by atoms with Crippen molar-refractivity contribution in [3.8, 4) is 0 Å². The molecule has 0 aliphatic carbocycles. The zero-order chi connectivity index (χ0) is 21.8. The van der Waals surface area contributed by atoms with Gasteiger partial charge in [-0.05, 0) is 30.5 Å². The van der Waals surface area contributed by atoms with E-state index in [-0.39, 0.29) is 29.2 Å². The van der Waals surface area contributed by atoms with Gasteiger partial charge in [0.05, 0.1) is 29.6 Å². The fourth-order valence-corrected chi connectivity index (χ4v) is 3.25. The lowest BCUT2D eigenvalue weighted by atomic mass is 10.1. The number of nitrogens with one attached hydrogen (secondary N) is 2. The highest BCUT2D eigenvalue weighted by Gasteiger charge is 2.18. The number of aliphatic hydroxyl groups is 1. The third-order valence-corrected chi connectivity index (χ3v) is 5.02. The maximum Gasteiger partial charge on any atom is 0.337 e. The number of nitrogens with zero attached hydrogens (tertiary/aromatic N) is 4. The van der Waals surface area contributed by atoms with Crippen molar-refractivity contribution in [1.29, 1.82) is 0 Å². The molecule has 0 saturated carbocycles. The highest BCUT2D eigenvalue weighted by atomic mass is 35.5. The second-order valence-electron chi connectivity index (χ2n) is 7.31. The van der Waals surface area contributed by atoms with E-state index in [0.29, 0.717) is 28.6 Å². The molecule has 3 rings (SSSR count). The molecule has 0 amide bonds. The van der Waals surface area contributed by atoms with Gasteiger partial charge in [0.2, 0.25) is 5.95 Å². The van der Waals surface area contributed by atoms with E-state index in [2.05, 4.69) is 32.5 Å². The van der Waals surface area contributed by atoms with Crippen LogP contribution >= 0.6 is 11.6 Å². The summed E-state index contributed by atoms with van der Waals surface area (Å²) < 4.78 is 1.94. The van der Waals surface area contributed by atoms with Crippen molar-refractivity contribution < 1.29 is 15.0 Å². The molecule has 1 atom stereocenters. The molecule has 3 aromatic rings. The Morgan fingerprint density at radius 3 is 2.67 bits per heavy atom. The zero-order valence-electron chi connectivity index (χ0n) is 17.1. The molecule has 160 valence electrons. The maximum absolute atomic E-state index is 11.2. The summed E-state index contributed by atoms with van der Waals surface area (Å²) in [6.45, 7) is 6.76. The molecule has 0 aliphatic heterocycles. The first-order chi connectivity index (χ1) is 14.3. The highest BCUT2D eigenvalue weighted by molar-refractivity contribution is 6.33. The number of fused-ring (bicyclic) bond motifs is 1. The lowest BCUT2D eigenvalue weighted by Crippen LogP contribution is -2.30. The number of hydrogen-bond donors (Lipinski definition) is 4. The predicted octanol–water partition coefficient (Wildman–Crippen LogP) is 3.76. The van der Waals surface area contributed by atoms with Gasteiger partial charge in [-0.3, -0.25) is 0 Å². The molecule has 1 aromatic carbocycles. The van der Waals surface area contributed by atoms with Crippen LogP contribution in [0.2, 0.25) is 5.02 Å². The van der Waals surface area contributed by atoms with Crippen molar-refractivity contribution in [1.82, 2.24) is 19.5 Å². The largest absolute Gasteiger partial charge is 0.478 e. The number of aromatic carboxylic acids is 1. The molecule has 0 saturated heterocycles. The molecule has 2 heterocycles. The molecule has 0 spiro atoms. The molecule has 0 bridgehead atoms. The molecule has 4 N–H and O–H groups in total. The second kappa shape index (κ2) is 9.27. The smallest absolute Gasteiger partial charge is 0.337 e. The van der Waals surface area contributed by atoms with Gasteiger partial charge >= 0.3 is 5.97 Å². The van der Waals surface area contributed by atoms with Gasteiger partial charge in [-0.1, -0.05) is 32.4 Å². The van der Waals surface area contributed by atoms with E-state index in [1.165, 1.54) is 12.1 Å². The van der Waals surface area contributed by atoms with Crippen LogP contribution in [0.25, 0.3) is 11.2 Å². The van der Waals surface area contributed by atoms with Crippen LogP contribution in [0.1, 0.15) is 37.6 Å². The summed E-state index contributed by atoms with van der Waals surface area (Å²) in [4.78, 5) is 24.8. The van der Waals surface area contributed by atoms with Crippen LogP contribution in [0.5, 0.6) is 0 Å². The Hall–Kier alpha value is -2.91. The Bertz CT molecular complexity index is 1050. The summed E-state index contributed by atoms with van der Waals surface area (Å²) in [5.74, 6) is -0.0982. The number of benzene rings is 1. The van der Waals surface area contributed by atoms with Crippen molar-refractivity contribution in [2.24, 2.45) is 5.92 Å². The van der Waals surface area contributed by atoms with Crippen molar-refractivity contribution >= 4 is 46.2 Å². The molecule has 10 heteroatoms. The minimum Gasteiger partial charge on any atom is -0.478 e. The Morgan fingerprint density at radius 1 is 1.30 bits per heavy atom. The van der Waals surface area contributed by atoms with Crippen molar-refractivity contribution in [2.45, 2.75) is 39.8 Å². The SMILES string of the molecule is CCCn1cnc2c(Nc3ccc(C(=O)O)c(Cl)c3)nc(N[C@@H](CO)C(C)C)nc21. The van der Waals surface area contributed by atoms with Gasteiger partial charge in [-0.15, -0.1) is 0 Å². The standard InChI is InChI=1S/C20H25ClN6O3/c1-4-7-27-10-22-16-17(23-12-5-6-13(19(29)30)14(21)8-12)25-20(26-18(16)27)24-15(9-28)11(2)3/h5-6,8,10-11,15,28H,4,7,9H2,1-3H3,(H,29,30)(H2,23,24,25,26)/t15-/m0/s1. The number of hydrogen-bond acceptors (Lipinski definition) is 7. The lowest BCUT2D eigenvalue weighted by Gasteiger charge is -2.20. The van der Waals surface area contributed by atoms with Gasteiger partial charge < -0.3 is 25.4 Å². The number of aromatic nitrogens is 4. The quantitative estimate of drug-likeness (QED) is 0.402. The van der Waals surface area contributed by atoms with Crippen LogP contribution in [0, 0.1) is 5.92 Å². The molecule has 30 heavy (non-hydrogen) atoms. The van der Waals surface area contributed by atoms with Gasteiger partial charge in [-0.25, -0.2) is 9.78 Å². The first-order valence-corrected chi connectivity index (χ1v) is 10.1. The molecular formula is C20H25ClN6O3. The van der Waals surface area contributed by atoms with Crippen LogP contribution in [-0.2, 0) is 6.54 Å². The van der Waals surface area contributed by atoms with E-state index in [0.717, 1.165) is 13.0 Å². The number of rotatable bonds is 9. The topological polar surface area (TPSA) is 125 Å². The van der Waals surface area contributed by atoms with E-state index in [1.807, 2.05) is 18.4 Å². The van der Waals surface area contributed by atoms with E-state index in [1.54, 1.807) is 12.4 Å². The molecule has 0 aliphatic rings. The van der Waals surface area contributed by atoms with Crippen LogP contribution < -0.4 is 10.6 Å². The summed E-state index contributed by atoms with van der Waals surface area (Å²) in [6.07, 6.45) is 2.63. The first kappa shape index (κ1) is 21.8. The van der Waals surface area contributed by atoms with Crippen LogP contribution in [0.3, 0.4) is 0 Å². The average molecular weight is 433 g/mol. The fraction of sp³-hybridized carbons (Fsp3) is 0.400. The van der Waals surface area contributed by atoms with Gasteiger partial charge in [0.1, 0.15) is 0 Å². The number of halogens is 1. The van der Waals surface area contributed by atoms with Gasteiger partial charge in [-0.2, -0.15) is 9.97 Å². The van der Waals surface area contributed by atoms with Crippen LogP contribution in [0.4, 0.5) is 17.5 Å². The molecule has 0 radical (unpaired) electrons. The van der Waals surface area contributed by atoms with Crippen molar-refractivity contribution in [2.75, 3.05) is 17.2 Å². The number of anilines is 3. The normalized spacial score (nSPS) is 12.3. The zero-order valence-corrected chi connectivity index (χ0v) is 17.8. The molecular weight excluding hydrogens is 408 g/mol. The Morgan fingerprint density at radius 2 is 2.07 bits per heavy atom. The summed E-state index contributed by atoms with van der Waals surface area (Å²) in [6, 6.07) is 4.37. The van der Waals surface area contributed by atoms with Crippen molar-refractivity contribution in [3.63, 3.8) is 0 Å². The molecule has 0 unspecified atom stereocenters. The number of carbonyl (C=O) groups is 1. The third kappa shape index (κ3) is 4.63.